The molecular formula is C15H24. The number of fused-ring (bicyclic) bond motifs is 1. The van der Waals surface area contributed by atoms with E-state index in [1.807, 2.05) is 0 Å². The zero-order chi connectivity index (χ0) is 9.97. The van der Waals surface area contributed by atoms with Gasteiger partial charge in [-0.1, -0.05) is 45.5 Å². The molecule has 0 radical (unpaired) electrons. The lowest BCUT2D eigenvalue weighted by Gasteiger charge is -2.17. The molecule has 0 aromatic heterocycles. The average Bonchev–Trinajstić information content (AvgIpc) is 2.39. The summed E-state index contributed by atoms with van der Waals surface area (Å²) < 4.78 is 0. The summed E-state index contributed by atoms with van der Waals surface area (Å²) in [6.07, 6.45) is 5.35. The smallest absolute Gasteiger partial charge is 0.0273 e. The van der Waals surface area contributed by atoms with Gasteiger partial charge < -0.3 is 0 Å². The molecule has 0 heterocycles. The van der Waals surface area contributed by atoms with Gasteiger partial charge in [0.05, 0.1) is 0 Å². The first-order valence-electron chi connectivity index (χ1n) is 5.84. The van der Waals surface area contributed by atoms with E-state index < -0.39 is 0 Å². The molecular weight excluding hydrogens is 180 g/mol. The molecule has 0 aliphatic heterocycles. The van der Waals surface area contributed by atoms with E-state index in [1.54, 1.807) is 11.1 Å². The summed E-state index contributed by atoms with van der Waals surface area (Å²) in [4.78, 5) is 0. The highest BCUT2D eigenvalue weighted by atomic mass is 14.2. The van der Waals surface area contributed by atoms with Crippen molar-refractivity contribution in [3.8, 4) is 0 Å². The first-order chi connectivity index (χ1) is 6.77. The van der Waals surface area contributed by atoms with E-state index in [9.17, 15) is 0 Å². The number of benzene rings is 1. The van der Waals surface area contributed by atoms with E-state index in [0.717, 1.165) is 11.8 Å². The van der Waals surface area contributed by atoms with Crippen LogP contribution in [0.2, 0.25) is 0 Å². The zero-order valence-corrected chi connectivity index (χ0v) is 9.29. The molecule has 15 heavy (non-hydrogen) atoms. The van der Waals surface area contributed by atoms with Gasteiger partial charge in [0.2, 0.25) is 0 Å². The van der Waals surface area contributed by atoms with Gasteiger partial charge in [-0.25, -0.2) is 0 Å². The molecule has 0 bridgehead atoms. The Kier molecular flexibility index (Phi) is 4.38. The second kappa shape index (κ2) is 5.34. The van der Waals surface area contributed by atoms with Gasteiger partial charge in [0.1, 0.15) is 0 Å². The number of hydrogen-bond acceptors (Lipinski definition) is 0. The van der Waals surface area contributed by atoms with Crippen molar-refractivity contribution in [2.75, 3.05) is 0 Å². The van der Waals surface area contributed by atoms with Gasteiger partial charge in [0, 0.05) is 0 Å². The third kappa shape index (κ3) is 2.84. The standard InChI is InChI=1S/C14H20.CH4/c1-11(2)12-7-9-13-5-3-4-6-14(13)10-8-12;/h3-6,11-12H,7-10H2,1-2H3;1H4. The monoisotopic (exact) mass is 204 g/mol. The summed E-state index contributed by atoms with van der Waals surface area (Å²) in [6.45, 7) is 4.72. The van der Waals surface area contributed by atoms with Crippen LogP contribution >= 0.6 is 0 Å². The molecule has 0 saturated heterocycles. The molecule has 1 aliphatic carbocycles. The lowest BCUT2D eigenvalue weighted by atomic mass is 9.88. The van der Waals surface area contributed by atoms with E-state index in [-0.39, 0.29) is 7.43 Å². The normalized spacial score (nSPS) is 16.7. The van der Waals surface area contributed by atoms with Crippen LogP contribution in [0.1, 0.15) is 45.2 Å². The van der Waals surface area contributed by atoms with E-state index in [1.165, 1.54) is 25.7 Å². The maximum Gasteiger partial charge on any atom is -0.0273 e. The van der Waals surface area contributed by atoms with Crippen LogP contribution in [0.5, 0.6) is 0 Å². The molecule has 0 nitrogen and oxygen atoms in total. The highest BCUT2D eigenvalue weighted by Crippen LogP contribution is 2.28. The van der Waals surface area contributed by atoms with Crippen molar-refractivity contribution in [2.45, 2.75) is 47.0 Å². The van der Waals surface area contributed by atoms with Gasteiger partial charge in [-0.05, 0) is 48.6 Å². The van der Waals surface area contributed by atoms with Crippen LogP contribution in [-0.2, 0) is 12.8 Å². The molecule has 84 valence electrons. The van der Waals surface area contributed by atoms with Crippen LogP contribution in [0.3, 0.4) is 0 Å². The topological polar surface area (TPSA) is 0 Å². The largest absolute Gasteiger partial charge is 0.0776 e. The minimum absolute atomic E-state index is 0. The lowest BCUT2D eigenvalue weighted by molar-refractivity contribution is 0.345. The SMILES string of the molecule is C.CC(C)C1CCc2ccccc2CC1. The van der Waals surface area contributed by atoms with Gasteiger partial charge in [-0.3, -0.25) is 0 Å². The zero-order valence-electron chi connectivity index (χ0n) is 9.29. The summed E-state index contributed by atoms with van der Waals surface area (Å²) in [5, 5.41) is 0. The molecule has 1 aliphatic rings. The summed E-state index contributed by atoms with van der Waals surface area (Å²) in [5.41, 5.74) is 3.19. The van der Waals surface area contributed by atoms with Crippen molar-refractivity contribution >= 4 is 0 Å². The molecule has 0 heteroatoms. The molecule has 1 aromatic carbocycles. The van der Waals surface area contributed by atoms with Crippen LogP contribution in [0, 0.1) is 11.8 Å². The molecule has 0 fully saturated rings. The van der Waals surface area contributed by atoms with Crippen molar-refractivity contribution in [1.29, 1.82) is 0 Å². The second-order valence-electron chi connectivity index (χ2n) is 4.85. The molecule has 0 atom stereocenters. The van der Waals surface area contributed by atoms with Gasteiger partial charge in [-0.2, -0.15) is 0 Å². The highest BCUT2D eigenvalue weighted by molar-refractivity contribution is 5.28. The van der Waals surface area contributed by atoms with E-state index >= 15 is 0 Å². The molecule has 2 rings (SSSR count). The Balaban J connectivity index is 0.00000112. The first kappa shape index (κ1) is 12.3. The van der Waals surface area contributed by atoms with Gasteiger partial charge in [0.25, 0.3) is 0 Å². The lowest BCUT2D eigenvalue weighted by Crippen LogP contribution is -2.08. The molecule has 0 N–H and O–H groups in total. The fourth-order valence-electron chi connectivity index (χ4n) is 2.54. The van der Waals surface area contributed by atoms with Crippen molar-refractivity contribution in [2.24, 2.45) is 11.8 Å². The molecule has 0 amide bonds. The third-order valence-corrected chi connectivity index (χ3v) is 3.63. The number of aryl methyl sites for hydroxylation is 2. The number of hydrogen-bond donors (Lipinski definition) is 0. The van der Waals surface area contributed by atoms with Crippen LogP contribution in [0.25, 0.3) is 0 Å². The fraction of sp³-hybridized carbons (Fsp3) is 0.600. The first-order valence-corrected chi connectivity index (χ1v) is 5.84. The van der Waals surface area contributed by atoms with Gasteiger partial charge in [0.15, 0.2) is 0 Å². The van der Waals surface area contributed by atoms with Crippen LogP contribution in [0.4, 0.5) is 0 Å². The Morgan fingerprint density at radius 2 is 1.47 bits per heavy atom. The summed E-state index contributed by atoms with van der Waals surface area (Å²) in [6, 6.07) is 8.96. The molecule has 0 unspecified atom stereocenters. The Bertz CT molecular complexity index is 272. The Hall–Kier alpha value is -0.780. The van der Waals surface area contributed by atoms with E-state index in [4.69, 9.17) is 0 Å². The summed E-state index contributed by atoms with van der Waals surface area (Å²) in [5.74, 6) is 1.78. The van der Waals surface area contributed by atoms with Gasteiger partial charge in [-0.15, -0.1) is 0 Å². The van der Waals surface area contributed by atoms with Crippen molar-refractivity contribution in [1.82, 2.24) is 0 Å². The molecule has 0 spiro atoms. The maximum atomic E-state index is 2.36. The predicted molar refractivity (Wildman–Crippen MR) is 68.1 cm³/mol. The number of rotatable bonds is 1. The quantitative estimate of drug-likeness (QED) is 0.592. The van der Waals surface area contributed by atoms with E-state index in [0.29, 0.717) is 0 Å². The maximum absolute atomic E-state index is 2.36. The van der Waals surface area contributed by atoms with Crippen LogP contribution in [0.15, 0.2) is 24.3 Å². The molecule has 1 aromatic rings. The summed E-state index contributed by atoms with van der Waals surface area (Å²) in [7, 11) is 0. The van der Waals surface area contributed by atoms with Crippen molar-refractivity contribution < 1.29 is 0 Å². The highest BCUT2D eigenvalue weighted by Gasteiger charge is 2.17. The second-order valence-corrected chi connectivity index (χ2v) is 4.85. The Morgan fingerprint density at radius 3 is 1.87 bits per heavy atom. The molecule has 0 saturated carbocycles. The predicted octanol–water partition coefficient (Wildman–Crippen LogP) is 4.47. The Labute approximate surface area is 94.7 Å². The van der Waals surface area contributed by atoms with Crippen LogP contribution in [-0.4, -0.2) is 0 Å². The van der Waals surface area contributed by atoms with Crippen molar-refractivity contribution in [3.05, 3.63) is 35.4 Å². The van der Waals surface area contributed by atoms with Gasteiger partial charge >= 0.3 is 0 Å². The van der Waals surface area contributed by atoms with E-state index in [2.05, 4.69) is 38.1 Å². The Morgan fingerprint density at radius 1 is 1.00 bits per heavy atom. The summed E-state index contributed by atoms with van der Waals surface area (Å²) >= 11 is 0. The third-order valence-electron chi connectivity index (χ3n) is 3.63. The van der Waals surface area contributed by atoms with Crippen molar-refractivity contribution in [3.63, 3.8) is 0 Å². The fourth-order valence-corrected chi connectivity index (χ4v) is 2.54. The minimum atomic E-state index is 0. The average molecular weight is 204 g/mol. The minimum Gasteiger partial charge on any atom is -0.0776 e. The van der Waals surface area contributed by atoms with Crippen LogP contribution < -0.4 is 0 Å².